The molecule has 0 bridgehead atoms. The van der Waals surface area contributed by atoms with Gasteiger partial charge >= 0.3 is 0 Å². The van der Waals surface area contributed by atoms with E-state index in [9.17, 15) is 5.26 Å². The van der Waals surface area contributed by atoms with E-state index in [1.54, 1.807) is 7.11 Å². The van der Waals surface area contributed by atoms with Crippen molar-refractivity contribution in [3.8, 4) is 11.8 Å². The summed E-state index contributed by atoms with van der Waals surface area (Å²) in [6.07, 6.45) is 3.67. The van der Waals surface area contributed by atoms with E-state index in [2.05, 4.69) is 11.1 Å². The Hall–Kier alpha value is -3.19. The van der Waals surface area contributed by atoms with Gasteiger partial charge < -0.3 is 15.5 Å². The van der Waals surface area contributed by atoms with Crippen molar-refractivity contribution in [3.05, 3.63) is 59.8 Å². The van der Waals surface area contributed by atoms with E-state index >= 15 is 0 Å². The number of benzene rings is 2. The highest BCUT2D eigenvalue weighted by Gasteiger charge is 2.09. The van der Waals surface area contributed by atoms with Gasteiger partial charge in [-0.3, -0.25) is 0 Å². The van der Waals surface area contributed by atoms with Gasteiger partial charge in [-0.25, -0.2) is 0 Å². The normalized spacial score (nSPS) is 11.4. The molecule has 4 nitrogen and oxygen atoms in total. The maximum Gasteiger partial charge on any atom is 0.119 e. The van der Waals surface area contributed by atoms with Gasteiger partial charge in [0.05, 0.1) is 18.8 Å². The number of nitriles is 1. The fourth-order valence-corrected chi connectivity index (χ4v) is 2.44. The summed E-state index contributed by atoms with van der Waals surface area (Å²) in [5.41, 5.74) is 9.74. The molecule has 0 saturated carbocycles. The van der Waals surface area contributed by atoms with Crippen molar-refractivity contribution < 1.29 is 4.74 Å². The Kier molecular flexibility index (Phi) is 3.55. The van der Waals surface area contributed by atoms with Gasteiger partial charge in [-0.05, 0) is 42.0 Å². The topological polar surface area (TPSA) is 74.8 Å². The molecule has 0 saturated heterocycles. The highest BCUT2D eigenvalue weighted by Crippen LogP contribution is 2.29. The third-order valence-corrected chi connectivity index (χ3v) is 3.52. The Morgan fingerprint density at radius 3 is 2.86 bits per heavy atom. The highest BCUT2D eigenvalue weighted by molar-refractivity contribution is 6.01. The average Bonchev–Trinajstić information content (AvgIpc) is 2.95. The fourth-order valence-electron chi connectivity index (χ4n) is 2.44. The molecular formula is C18H15N3O. The molecule has 0 fully saturated rings. The first-order chi connectivity index (χ1) is 10.7. The van der Waals surface area contributed by atoms with E-state index in [1.807, 2.05) is 54.7 Å². The molecule has 0 amide bonds. The molecule has 0 aliphatic carbocycles. The number of ether oxygens (including phenoxy) is 1. The van der Waals surface area contributed by atoms with Crippen molar-refractivity contribution in [2.45, 2.75) is 0 Å². The zero-order chi connectivity index (χ0) is 15.5. The molecule has 3 N–H and O–H groups in total. The summed E-state index contributed by atoms with van der Waals surface area (Å²) in [7, 11) is 1.63. The summed E-state index contributed by atoms with van der Waals surface area (Å²) in [4.78, 5) is 3.18. The number of allylic oxidation sites excluding steroid dienone is 1. The lowest BCUT2D eigenvalue weighted by Gasteiger charge is -2.02. The van der Waals surface area contributed by atoms with Crippen LogP contribution in [0.2, 0.25) is 0 Å². The molecule has 2 aromatic carbocycles. The van der Waals surface area contributed by atoms with Crippen LogP contribution in [0.1, 0.15) is 11.1 Å². The summed E-state index contributed by atoms with van der Waals surface area (Å²) in [6, 6.07) is 15.5. The van der Waals surface area contributed by atoms with Gasteiger partial charge in [0.25, 0.3) is 0 Å². The number of methoxy groups -OCH3 is 1. The molecule has 0 atom stereocenters. The second kappa shape index (κ2) is 5.66. The molecule has 1 heterocycles. The number of nitrogen functional groups attached to an aromatic ring is 1. The minimum Gasteiger partial charge on any atom is -0.497 e. The number of nitrogens with two attached hydrogens (primary N) is 1. The maximum absolute atomic E-state index is 9.52. The number of nitrogens with zero attached hydrogens (tertiary/aromatic N) is 1. The van der Waals surface area contributed by atoms with Crippen LogP contribution in [0.25, 0.3) is 22.6 Å². The van der Waals surface area contributed by atoms with Gasteiger partial charge in [-0.2, -0.15) is 5.26 Å². The van der Waals surface area contributed by atoms with Gasteiger partial charge in [-0.1, -0.05) is 12.1 Å². The van der Waals surface area contributed by atoms with Gasteiger partial charge in [0.2, 0.25) is 0 Å². The smallest absolute Gasteiger partial charge is 0.119 e. The number of anilines is 1. The first-order valence-corrected chi connectivity index (χ1v) is 6.84. The van der Waals surface area contributed by atoms with Crippen LogP contribution in [0.15, 0.2) is 48.7 Å². The molecule has 0 aliphatic heterocycles. The molecular weight excluding hydrogens is 274 g/mol. The van der Waals surface area contributed by atoms with E-state index in [4.69, 9.17) is 10.5 Å². The molecule has 4 heteroatoms. The Balaban J connectivity index is 2.13. The minimum absolute atomic E-state index is 0.574. The molecule has 3 rings (SSSR count). The number of nitrogens with one attached hydrogen (secondary N) is 1. The maximum atomic E-state index is 9.52. The van der Waals surface area contributed by atoms with Crippen molar-refractivity contribution in [2.24, 2.45) is 0 Å². The number of hydrogen-bond acceptors (Lipinski definition) is 3. The third kappa shape index (κ3) is 2.52. The lowest BCUT2D eigenvalue weighted by atomic mass is 10.0. The Morgan fingerprint density at radius 1 is 1.27 bits per heavy atom. The summed E-state index contributed by atoms with van der Waals surface area (Å²) in [5, 5.41) is 10.5. The first kappa shape index (κ1) is 13.8. The van der Waals surface area contributed by atoms with Crippen molar-refractivity contribution in [1.29, 1.82) is 5.26 Å². The van der Waals surface area contributed by atoms with Gasteiger partial charge in [0.15, 0.2) is 0 Å². The minimum atomic E-state index is 0.574. The van der Waals surface area contributed by atoms with Crippen LogP contribution in [0, 0.1) is 11.3 Å². The van der Waals surface area contributed by atoms with Crippen molar-refractivity contribution in [3.63, 3.8) is 0 Å². The standard InChI is InChI=1S/C18H15N3O/c1-22-15-5-6-18-16(9-15)17(11-21-18)13(10-19)7-12-3-2-4-14(20)8-12/h2-9,11,21H,20H2,1H3. The number of aromatic amines is 1. The third-order valence-electron chi connectivity index (χ3n) is 3.52. The van der Waals surface area contributed by atoms with E-state index in [0.29, 0.717) is 11.3 Å². The predicted octanol–water partition coefficient (Wildman–Crippen LogP) is 3.82. The average molecular weight is 289 g/mol. The largest absolute Gasteiger partial charge is 0.497 e. The molecule has 1 aromatic heterocycles. The molecule has 0 unspecified atom stereocenters. The van der Waals surface area contributed by atoms with Crippen LogP contribution >= 0.6 is 0 Å². The molecule has 22 heavy (non-hydrogen) atoms. The Morgan fingerprint density at radius 2 is 2.14 bits per heavy atom. The molecule has 108 valence electrons. The van der Waals surface area contributed by atoms with Crippen LogP contribution in [0.3, 0.4) is 0 Å². The zero-order valence-electron chi connectivity index (χ0n) is 12.1. The van der Waals surface area contributed by atoms with Crippen LogP contribution in [0.4, 0.5) is 5.69 Å². The number of rotatable bonds is 3. The molecule has 0 radical (unpaired) electrons. The lowest BCUT2D eigenvalue weighted by Crippen LogP contribution is -1.86. The van der Waals surface area contributed by atoms with E-state index in [1.165, 1.54) is 0 Å². The van der Waals surface area contributed by atoms with Crippen molar-refractivity contribution in [2.75, 3.05) is 12.8 Å². The zero-order valence-corrected chi connectivity index (χ0v) is 12.1. The second-order valence-corrected chi connectivity index (χ2v) is 4.95. The lowest BCUT2D eigenvalue weighted by molar-refractivity contribution is 0.415. The van der Waals surface area contributed by atoms with Gasteiger partial charge in [0.1, 0.15) is 5.75 Å². The summed E-state index contributed by atoms with van der Waals surface area (Å²) in [6.45, 7) is 0. The fraction of sp³-hybridized carbons (Fsp3) is 0.0556. The summed E-state index contributed by atoms with van der Waals surface area (Å²) in [5.74, 6) is 0.759. The monoisotopic (exact) mass is 289 g/mol. The van der Waals surface area contributed by atoms with Crippen LogP contribution in [-0.4, -0.2) is 12.1 Å². The number of hydrogen-bond donors (Lipinski definition) is 2. The summed E-state index contributed by atoms with van der Waals surface area (Å²) >= 11 is 0. The number of fused-ring (bicyclic) bond motifs is 1. The predicted molar refractivity (Wildman–Crippen MR) is 89.2 cm³/mol. The second-order valence-electron chi connectivity index (χ2n) is 4.95. The molecule has 0 spiro atoms. The number of aromatic nitrogens is 1. The quantitative estimate of drug-likeness (QED) is 0.568. The summed E-state index contributed by atoms with van der Waals surface area (Å²) < 4.78 is 5.26. The van der Waals surface area contributed by atoms with E-state index in [-0.39, 0.29) is 0 Å². The number of H-pyrrole nitrogens is 1. The van der Waals surface area contributed by atoms with Gasteiger partial charge in [0, 0.05) is 28.4 Å². The highest BCUT2D eigenvalue weighted by atomic mass is 16.5. The van der Waals surface area contributed by atoms with Crippen LogP contribution in [0.5, 0.6) is 5.75 Å². The van der Waals surface area contributed by atoms with E-state index < -0.39 is 0 Å². The molecule has 3 aromatic rings. The molecule has 0 aliphatic rings. The first-order valence-electron chi connectivity index (χ1n) is 6.84. The SMILES string of the molecule is COc1ccc2[nH]cc(C(C#N)=Cc3cccc(N)c3)c2c1. The Bertz CT molecular complexity index is 900. The van der Waals surface area contributed by atoms with Crippen LogP contribution < -0.4 is 10.5 Å². The Labute approximate surface area is 128 Å². The van der Waals surface area contributed by atoms with Crippen LogP contribution in [-0.2, 0) is 0 Å². The van der Waals surface area contributed by atoms with Crippen molar-refractivity contribution >= 4 is 28.2 Å². The van der Waals surface area contributed by atoms with E-state index in [0.717, 1.165) is 27.8 Å². The van der Waals surface area contributed by atoms with Gasteiger partial charge in [-0.15, -0.1) is 0 Å². The van der Waals surface area contributed by atoms with Crippen molar-refractivity contribution in [1.82, 2.24) is 4.98 Å².